The highest BCUT2D eigenvalue weighted by atomic mass is 16.6. The summed E-state index contributed by atoms with van der Waals surface area (Å²) in [4.78, 5) is 49.8. The number of carbonyl (C=O) groups is 2. The standard InChI is InChI=1S/C34H36N6O5/c1-34(2,3)45-32(42)28-19-36-29(37(28)4)21-38-18-16-26(20-38)39-27-7-6-17-35-30(27)40(33(39)43)25-14-12-23(13-15-25)22-8-10-24(11-9-22)31(41)44-5/h6-15,17,19,26H,16,18,20-21H2,1-5H3/t26-/m0/s1. The average molecular weight is 609 g/mol. The first-order chi connectivity index (χ1) is 21.5. The lowest BCUT2D eigenvalue weighted by Gasteiger charge is -2.20. The third-order valence-electron chi connectivity index (χ3n) is 8.07. The number of hydrogen-bond donors (Lipinski definition) is 0. The van der Waals surface area contributed by atoms with Gasteiger partial charge in [0.1, 0.15) is 17.1 Å². The Balaban J connectivity index is 1.23. The second-order valence-electron chi connectivity index (χ2n) is 12.2. The molecule has 3 aromatic heterocycles. The normalized spacial score (nSPS) is 15.4. The average Bonchev–Trinajstić information content (AvgIpc) is 3.71. The summed E-state index contributed by atoms with van der Waals surface area (Å²) in [6, 6.07) is 18.7. The summed E-state index contributed by atoms with van der Waals surface area (Å²) in [5.74, 6) is -0.0260. The molecule has 232 valence electrons. The van der Waals surface area contributed by atoms with Crippen LogP contribution in [0.3, 0.4) is 0 Å². The maximum absolute atomic E-state index is 14.0. The minimum absolute atomic E-state index is 0.0522. The van der Waals surface area contributed by atoms with E-state index >= 15 is 0 Å². The van der Waals surface area contributed by atoms with Crippen molar-refractivity contribution in [3.05, 3.63) is 101 Å². The van der Waals surface area contributed by atoms with Gasteiger partial charge in [0.15, 0.2) is 5.65 Å². The fraction of sp³-hybridized carbons (Fsp3) is 0.324. The topological polar surface area (TPSA) is 113 Å². The first kappa shape index (κ1) is 30.0. The highest BCUT2D eigenvalue weighted by Gasteiger charge is 2.30. The maximum Gasteiger partial charge on any atom is 0.357 e. The highest BCUT2D eigenvalue weighted by molar-refractivity contribution is 5.90. The molecule has 1 atom stereocenters. The van der Waals surface area contributed by atoms with Gasteiger partial charge < -0.3 is 14.0 Å². The Labute approximate surface area is 260 Å². The second kappa shape index (κ2) is 11.8. The van der Waals surface area contributed by atoms with Crippen molar-refractivity contribution >= 4 is 23.1 Å². The van der Waals surface area contributed by atoms with Gasteiger partial charge >= 0.3 is 17.6 Å². The molecule has 1 aliphatic rings. The fourth-order valence-electron chi connectivity index (χ4n) is 5.84. The van der Waals surface area contributed by atoms with Crippen molar-refractivity contribution in [1.82, 2.24) is 28.6 Å². The molecule has 0 radical (unpaired) electrons. The molecular formula is C34H36N6O5. The van der Waals surface area contributed by atoms with Gasteiger partial charge in [0, 0.05) is 26.3 Å². The van der Waals surface area contributed by atoms with E-state index in [1.165, 1.54) is 7.11 Å². The van der Waals surface area contributed by atoms with Crippen LogP contribution in [0.5, 0.6) is 0 Å². The summed E-state index contributed by atoms with van der Waals surface area (Å²) in [6.45, 7) is 7.49. The number of imidazole rings is 2. The molecule has 11 nitrogen and oxygen atoms in total. The Hall–Kier alpha value is -5.03. The van der Waals surface area contributed by atoms with Crippen LogP contribution in [-0.4, -0.2) is 66.3 Å². The molecule has 0 N–H and O–H groups in total. The largest absolute Gasteiger partial charge is 0.465 e. The highest BCUT2D eigenvalue weighted by Crippen LogP contribution is 2.28. The number of carbonyl (C=O) groups excluding carboxylic acids is 2. The van der Waals surface area contributed by atoms with E-state index < -0.39 is 11.6 Å². The Morgan fingerprint density at radius 3 is 2.31 bits per heavy atom. The van der Waals surface area contributed by atoms with Crippen molar-refractivity contribution in [3.63, 3.8) is 0 Å². The number of rotatable bonds is 7. The van der Waals surface area contributed by atoms with Crippen LogP contribution in [0.15, 0.2) is 77.9 Å². The van der Waals surface area contributed by atoms with Crippen LogP contribution in [0.2, 0.25) is 0 Å². The van der Waals surface area contributed by atoms with E-state index in [9.17, 15) is 14.4 Å². The molecule has 11 heteroatoms. The molecule has 1 aliphatic heterocycles. The van der Waals surface area contributed by atoms with Gasteiger partial charge in [0.05, 0.1) is 42.7 Å². The lowest BCUT2D eigenvalue weighted by molar-refractivity contribution is 0.00581. The molecule has 0 bridgehead atoms. The summed E-state index contributed by atoms with van der Waals surface area (Å²) in [6.07, 6.45) is 4.05. The number of benzene rings is 2. The molecule has 0 saturated carbocycles. The van der Waals surface area contributed by atoms with Gasteiger partial charge in [-0.1, -0.05) is 24.3 Å². The molecular weight excluding hydrogens is 572 g/mol. The van der Waals surface area contributed by atoms with Gasteiger partial charge in [-0.15, -0.1) is 0 Å². The van der Waals surface area contributed by atoms with Crippen molar-refractivity contribution in [3.8, 4) is 16.8 Å². The van der Waals surface area contributed by atoms with Crippen LogP contribution in [0.1, 0.15) is 59.9 Å². The first-order valence-electron chi connectivity index (χ1n) is 14.9. The summed E-state index contributed by atoms with van der Waals surface area (Å²) < 4.78 is 15.6. The summed E-state index contributed by atoms with van der Waals surface area (Å²) in [5, 5.41) is 0. The summed E-state index contributed by atoms with van der Waals surface area (Å²) in [7, 11) is 3.18. The molecule has 0 amide bonds. The Morgan fingerprint density at radius 1 is 0.956 bits per heavy atom. The van der Waals surface area contributed by atoms with Gasteiger partial charge in [-0.3, -0.25) is 9.47 Å². The predicted molar refractivity (Wildman–Crippen MR) is 169 cm³/mol. The number of ether oxygens (including phenoxy) is 2. The van der Waals surface area contributed by atoms with E-state index in [4.69, 9.17) is 9.47 Å². The second-order valence-corrected chi connectivity index (χ2v) is 12.2. The van der Waals surface area contributed by atoms with Gasteiger partial charge in [-0.05, 0) is 74.7 Å². The van der Waals surface area contributed by atoms with E-state index in [2.05, 4.69) is 14.9 Å². The Kier molecular flexibility index (Phi) is 7.88. The zero-order valence-electron chi connectivity index (χ0n) is 26.1. The number of esters is 2. The van der Waals surface area contributed by atoms with Crippen LogP contribution >= 0.6 is 0 Å². The Bertz CT molecular complexity index is 1930. The van der Waals surface area contributed by atoms with E-state index in [0.717, 1.165) is 41.1 Å². The van der Waals surface area contributed by atoms with Crippen LogP contribution in [-0.2, 0) is 23.1 Å². The number of nitrogens with zero attached hydrogens (tertiary/aromatic N) is 6. The number of methoxy groups -OCH3 is 1. The molecule has 4 heterocycles. The fourth-order valence-corrected chi connectivity index (χ4v) is 5.84. The number of hydrogen-bond acceptors (Lipinski definition) is 8. The van der Waals surface area contributed by atoms with Crippen molar-refractivity contribution in [1.29, 1.82) is 0 Å². The van der Waals surface area contributed by atoms with Crippen molar-refractivity contribution in [2.75, 3.05) is 20.2 Å². The third kappa shape index (κ3) is 5.91. The zero-order valence-corrected chi connectivity index (χ0v) is 26.1. The lowest BCUT2D eigenvalue weighted by Crippen LogP contribution is -2.29. The smallest absolute Gasteiger partial charge is 0.357 e. The number of likely N-dealkylation sites (tertiary alicyclic amines) is 1. The van der Waals surface area contributed by atoms with Crippen molar-refractivity contribution in [2.45, 2.75) is 45.4 Å². The van der Waals surface area contributed by atoms with E-state index in [1.54, 1.807) is 33.7 Å². The maximum atomic E-state index is 14.0. The minimum Gasteiger partial charge on any atom is -0.465 e. The zero-order chi connectivity index (χ0) is 31.9. The molecule has 2 aromatic carbocycles. The van der Waals surface area contributed by atoms with Crippen LogP contribution in [0, 0.1) is 0 Å². The molecule has 1 saturated heterocycles. The Morgan fingerprint density at radius 2 is 1.64 bits per heavy atom. The lowest BCUT2D eigenvalue weighted by atomic mass is 10.0. The van der Waals surface area contributed by atoms with Gasteiger partial charge in [-0.2, -0.15) is 0 Å². The molecule has 0 aliphatic carbocycles. The number of pyridine rings is 1. The van der Waals surface area contributed by atoms with Gasteiger partial charge in [0.25, 0.3) is 0 Å². The molecule has 6 rings (SSSR count). The number of fused-ring (bicyclic) bond motifs is 1. The molecule has 0 unspecified atom stereocenters. The van der Waals surface area contributed by atoms with E-state index in [1.807, 2.05) is 80.9 Å². The molecule has 0 spiro atoms. The van der Waals surface area contributed by atoms with Crippen LogP contribution in [0.4, 0.5) is 0 Å². The van der Waals surface area contributed by atoms with E-state index in [-0.39, 0.29) is 17.7 Å². The summed E-state index contributed by atoms with van der Waals surface area (Å²) in [5.41, 5.74) is 4.15. The van der Waals surface area contributed by atoms with Gasteiger partial charge in [0.2, 0.25) is 0 Å². The summed E-state index contributed by atoms with van der Waals surface area (Å²) >= 11 is 0. The molecule has 1 fully saturated rings. The van der Waals surface area contributed by atoms with Crippen molar-refractivity contribution in [2.24, 2.45) is 7.05 Å². The van der Waals surface area contributed by atoms with Crippen molar-refractivity contribution < 1.29 is 19.1 Å². The monoisotopic (exact) mass is 608 g/mol. The quantitative estimate of drug-likeness (QED) is 0.243. The third-order valence-corrected chi connectivity index (χ3v) is 8.07. The minimum atomic E-state index is -0.591. The van der Waals surface area contributed by atoms with Gasteiger partial charge in [-0.25, -0.2) is 28.9 Å². The van der Waals surface area contributed by atoms with Crippen LogP contribution < -0.4 is 5.69 Å². The molecule has 5 aromatic rings. The first-order valence-corrected chi connectivity index (χ1v) is 14.9. The van der Waals surface area contributed by atoms with Crippen LogP contribution in [0.25, 0.3) is 28.0 Å². The number of aromatic nitrogens is 5. The molecule has 45 heavy (non-hydrogen) atoms. The predicted octanol–water partition coefficient (Wildman–Crippen LogP) is 4.78. The van der Waals surface area contributed by atoms with E-state index in [0.29, 0.717) is 30.0 Å². The SMILES string of the molecule is COC(=O)c1ccc(-c2ccc(-n3c(=O)n([C@H]4CCN(Cc5ncc(C(=O)OC(C)(C)C)n5C)C4)c4cccnc43)cc2)cc1.